The van der Waals surface area contributed by atoms with Gasteiger partial charge in [0.05, 0.1) is 0 Å². The second-order valence-corrected chi connectivity index (χ2v) is 4.21. The predicted molar refractivity (Wildman–Crippen MR) is 60.3 cm³/mol. The zero-order chi connectivity index (χ0) is 11.5. The molecular formula is C10H22N4O. The summed E-state index contributed by atoms with van der Waals surface area (Å²) in [6.07, 6.45) is 0.923. The van der Waals surface area contributed by atoms with Crippen molar-refractivity contribution < 1.29 is 4.79 Å². The molecule has 1 fully saturated rings. The fourth-order valence-corrected chi connectivity index (χ4v) is 2.31. The van der Waals surface area contributed by atoms with Gasteiger partial charge in [-0.15, -0.1) is 0 Å². The maximum Gasteiger partial charge on any atom is 0.166 e. The van der Waals surface area contributed by atoms with Crippen molar-refractivity contribution in [2.75, 3.05) is 27.4 Å². The van der Waals surface area contributed by atoms with Gasteiger partial charge in [0.1, 0.15) is 5.66 Å². The molecule has 5 nitrogen and oxygen atoms in total. The summed E-state index contributed by atoms with van der Waals surface area (Å²) in [5, 5.41) is 9.62. The van der Waals surface area contributed by atoms with Crippen molar-refractivity contribution >= 4 is 5.78 Å². The second-order valence-electron chi connectivity index (χ2n) is 4.21. The molecule has 1 unspecified atom stereocenters. The van der Waals surface area contributed by atoms with Crippen LogP contribution >= 0.6 is 0 Å². The molecule has 0 radical (unpaired) electrons. The summed E-state index contributed by atoms with van der Waals surface area (Å²) >= 11 is 0. The van der Waals surface area contributed by atoms with Gasteiger partial charge in [0.15, 0.2) is 5.78 Å². The number of hydrogen-bond acceptors (Lipinski definition) is 5. The van der Waals surface area contributed by atoms with Crippen molar-refractivity contribution in [3.8, 4) is 0 Å². The minimum atomic E-state index is -0.608. The van der Waals surface area contributed by atoms with E-state index in [0.29, 0.717) is 13.3 Å². The molecule has 1 aliphatic rings. The number of carbonyl (C=O) groups excluding carboxylic acids is 1. The van der Waals surface area contributed by atoms with Crippen LogP contribution in [0.1, 0.15) is 20.3 Å². The lowest BCUT2D eigenvalue weighted by Crippen LogP contribution is -2.76. The lowest BCUT2D eigenvalue weighted by atomic mass is 9.92. The van der Waals surface area contributed by atoms with Gasteiger partial charge in [-0.05, 0) is 27.4 Å². The van der Waals surface area contributed by atoms with E-state index in [4.69, 9.17) is 0 Å². The van der Waals surface area contributed by atoms with Gasteiger partial charge in [0.2, 0.25) is 0 Å². The van der Waals surface area contributed by atoms with E-state index in [0.717, 1.165) is 6.42 Å². The number of Topliss-reactive ketones (excluding diaryl/α,β-unsaturated/α-hetero) is 1. The molecule has 0 aliphatic carbocycles. The van der Waals surface area contributed by atoms with E-state index in [1.807, 2.05) is 14.1 Å². The molecule has 3 N–H and O–H groups in total. The summed E-state index contributed by atoms with van der Waals surface area (Å²) in [6, 6.07) is 0.164. The van der Waals surface area contributed by atoms with Gasteiger partial charge in [-0.3, -0.25) is 20.7 Å². The lowest BCUT2D eigenvalue weighted by molar-refractivity contribution is -0.129. The normalized spacial score (nSPS) is 22.7. The molecule has 88 valence electrons. The number of nitrogens with one attached hydrogen (secondary N) is 3. The Morgan fingerprint density at radius 1 is 1.40 bits per heavy atom. The third kappa shape index (κ3) is 2.36. The van der Waals surface area contributed by atoms with Crippen molar-refractivity contribution in [3.63, 3.8) is 0 Å². The average Bonchev–Trinajstić information content (AvgIpc) is 2.19. The van der Waals surface area contributed by atoms with Crippen molar-refractivity contribution in [3.05, 3.63) is 0 Å². The van der Waals surface area contributed by atoms with Crippen molar-refractivity contribution in [2.24, 2.45) is 0 Å². The monoisotopic (exact) mass is 214 g/mol. The number of carbonyl (C=O) groups is 1. The Kier molecular flexibility index (Phi) is 4.21. The van der Waals surface area contributed by atoms with Crippen LogP contribution in [0, 0.1) is 0 Å². The van der Waals surface area contributed by atoms with Gasteiger partial charge in [0.25, 0.3) is 0 Å². The number of likely N-dealkylation sites (N-methyl/N-ethyl adjacent to an activating group) is 1. The molecule has 0 bridgehead atoms. The van der Waals surface area contributed by atoms with Gasteiger partial charge in [-0.25, -0.2) is 0 Å². The van der Waals surface area contributed by atoms with Crippen LogP contribution in [-0.4, -0.2) is 49.8 Å². The van der Waals surface area contributed by atoms with Crippen LogP contribution in [0.4, 0.5) is 0 Å². The van der Waals surface area contributed by atoms with Gasteiger partial charge >= 0.3 is 0 Å². The van der Waals surface area contributed by atoms with Gasteiger partial charge in [0, 0.05) is 19.4 Å². The van der Waals surface area contributed by atoms with E-state index in [9.17, 15) is 4.79 Å². The first kappa shape index (κ1) is 12.6. The molecule has 0 aromatic carbocycles. The molecule has 1 atom stereocenters. The molecule has 1 aliphatic heterocycles. The first-order valence-electron chi connectivity index (χ1n) is 5.42. The van der Waals surface area contributed by atoms with Gasteiger partial charge < -0.3 is 4.90 Å². The Morgan fingerprint density at radius 3 is 2.27 bits per heavy atom. The minimum Gasteiger partial charge on any atom is -0.303 e. The summed E-state index contributed by atoms with van der Waals surface area (Å²) in [4.78, 5) is 13.9. The van der Waals surface area contributed by atoms with Crippen LogP contribution < -0.4 is 16.0 Å². The smallest absolute Gasteiger partial charge is 0.166 e. The van der Waals surface area contributed by atoms with E-state index < -0.39 is 5.66 Å². The summed E-state index contributed by atoms with van der Waals surface area (Å²) in [5.41, 5.74) is -0.608. The first-order chi connectivity index (χ1) is 7.04. The van der Waals surface area contributed by atoms with Crippen LogP contribution in [0.25, 0.3) is 0 Å². The lowest BCUT2D eigenvalue weighted by Gasteiger charge is -2.45. The highest BCUT2D eigenvalue weighted by Crippen LogP contribution is 2.17. The standard InChI is InChI=1S/C10H22N4O/c1-5-9(14(3)4)10(8(2)15)12-6-11-7-13-10/h9,11-13H,5-7H2,1-4H3. The van der Waals surface area contributed by atoms with E-state index in [1.54, 1.807) is 6.92 Å². The Hall–Kier alpha value is -0.490. The Balaban J connectivity index is 2.92. The number of hydrogen-bond donors (Lipinski definition) is 3. The third-order valence-corrected chi connectivity index (χ3v) is 3.05. The van der Waals surface area contributed by atoms with Gasteiger partial charge in [-0.1, -0.05) is 6.92 Å². The quantitative estimate of drug-likeness (QED) is 0.578. The summed E-state index contributed by atoms with van der Waals surface area (Å²) in [5.74, 6) is 0.143. The van der Waals surface area contributed by atoms with E-state index in [2.05, 4.69) is 27.8 Å². The molecule has 0 spiro atoms. The fourth-order valence-electron chi connectivity index (χ4n) is 2.31. The van der Waals surface area contributed by atoms with Crippen LogP contribution in [0.3, 0.4) is 0 Å². The average molecular weight is 214 g/mol. The topological polar surface area (TPSA) is 56.4 Å². The highest BCUT2D eigenvalue weighted by molar-refractivity contribution is 5.86. The number of nitrogens with zero attached hydrogens (tertiary/aromatic N) is 1. The minimum absolute atomic E-state index is 0.143. The molecule has 0 aromatic rings. The molecule has 0 aromatic heterocycles. The molecule has 15 heavy (non-hydrogen) atoms. The van der Waals surface area contributed by atoms with Crippen molar-refractivity contribution in [1.29, 1.82) is 0 Å². The maximum atomic E-state index is 11.8. The number of ketones is 1. The largest absolute Gasteiger partial charge is 0.303 e. The Labute approximate surface area is 91.6 Å². The summed E-state index contributed by atoms with van der Waals surface area (Å²) in [6.45, 7) is 5.06. The van der Waals surface area contributed by atoms with E-state index >= 15 is 0 Å². The molecule has 0 amide bonds. The zero-order valence-electron chi connectivity index (χ0n) is 10.1. The molecule has 1 heterocycles. The van der Waals surface area contributed by atoms with E-state index in [-0.39, 0.29) is 11.8 Å². The maximum absolute atomic E-state index is 11.8. The van der Waals surface area contributed by atoms with E-state index in [1.165, 1.54) is 0 Å². The predicted octanol–water partition coefficient (Wildman–Crippen LogP) is -0.691. The molecular weight excluding hydrogens is 192 g/mol. The molecule has 1 saturated heterocycles. The van der Waals surface area contributed by atoms with Crippen LogP contribution in [0.2, 0.25) is 0 Å². The van der Waals surface area contributed by atoms with Crippen LogP contribution in [0.5, 0.6) is 0 Å². The highest BCUT2D eigenvalue weighted by atomic mass is 16.1. The highest BCUT2D eigenvalue weighted by Gasteiger charge is 2.44. The molecule has 0 saturated carbocycles. The molecule has 5 heteroatoms. The number of rotatable bonds is 4. The van der Waals surface area contributed by atoms with Gasteiger partial charge in [-0.2, -0.15) is 0 Å². The third-order valence-electron chi connectivity index (χ3n) is 3.05. The van der Waals surface area contributed by atoms with Crippen molar-refractivity contribution in [1.82, 2.24) is 20.9 Å². The SMILES string of the molecule is CCC(N(C)C)C1(C(C)=O)NCNCN1. The zero-order valence-corrected chi connectivity index (χ0v) is 10.1. The summed E-state index contributed by atoms with van der Waals surface area (Å²) in [7, 11) is 4.01. The fraction of sp³-hybridized carbons (Fsp3) is 0.900. The van der Waals surface area contributed by atoms with Crippen molar-refractivity contribution in [2.45, 2.75) is 32.0 Å². The Morgan fingerprint density at radius 2 is 1.93 bits per heavy atom. The Bertz CT molecular complexity index is 223. The van der Waals surface area contributed by atoms with Crippen LogP contribution in [-0.2, 0) is 4.79 Å². The summed E-state index contributed by atoms with van der Waals surface area (Å²) < 4.78 is 0. The second kappa shape index (κ2) is 5.03. The first-order valence-corrected chi connectivity index (χ1v) is 5.42. The van der Waals surface area contributed by atoms with Crippen LogP contribution in [0.15, 0.2) is 0 Å². The molecule has 1 rings (SSSR count).